The highest BCUT2D eigenvalue weighted by molar-refractivity contribution is 5.78. The summed E-state index contributed by atoms with van der Waals surface area (Å²) in [6, 6.07) is 0. The second-order valence-electron chi connectivity index (χ2n) is 1.39. The smallest absolute Gasteiger partial charge is 0.257 e. The van der Waals surface area contributed by atoms with Gasteiger partial charge in [0.15, 0.2) is 11.5 Å². The predicted octanol–water partition coefficient (Wildman–Crippen LogP) is -0.483. The zero-order valence-electron chi connectivity index (χ0n) is 4.53. The summed E-state index contributed by atoms with van der Waals surface area (Å²) in [5.41, 5.74) is 5.26. The third-order valence-electron chi connectivity index (χ3n) is 0.823. The van der Waals surface area contributed by atoms with Gasteiger partial charge in [0, 0.05) is 12.4 Å². The maximum absolute atomic E-state index is 9.92. The Balaban J connectivity index is 3.15. The summed E-state index contributed by atoms with van der Waals surface area (Å²) in [7, 11) is 0. The van der Waals surface area contributed by atoms with Gasteiger partial charge in [0.1, 0.15) is 0 Å². The fourth-order valence-corrected chi connectivity index (χ4v) is 0.427. The first-order valence-corrected chi connectivity index (χ1v) is 2.29. The van der Waals surface area contributed by atoms with Crippen LogP contribution in [-0.2, 0) is 4.79 Å². The van der Waals surface area contributed by atoms with Crippen LogP contribution >= 0.6 is 0 Å². The minimum absolute atomic E-state index is 0.0671. The summed E-state index contributed by atoms with van der Waals surface area (Å²) in [6.07, 6.45) is 4.34. The number of nitrogen functional groups attached to an aromatic ring is 1. The van der Waals surface area contributed by atoms with E-state index in [1.54, 1.807) is 6.29 Å². The summed E-state index contributed by atoms with van der Waals surface area (Å²) in [4.78, 5) is 17.1. The minimum Gasteiger partial charge on any atom is -0.382 e. The van der Waals surface area contributed by atoms with Gasteiger partial charge in [-0.25, -0.2) is 9.97 Å². The van der Waals surface area contributed by atoms with E-state index in [1.165, 1.54) is 12.4 Å². The summed E-state index contributed by atoms with van der Waals surface area (Å²) in [5.74, 6) is 0.118. The van der Waals surface area contributed by atoms with Crippen LogP contribution < -0.4 is 5.73 Å². The quantitative estimate of drug-likeness (QED) is 0.546. The second kappa shape index (κ2) is 2.21. The Bertz CT molecular complexity index is 223. The van der Waals surface area contributed by atoms with Crippen molar-refractivity contribution in [2.75, 3.05) is 5.73 Å². The van der Waals surface area contributed by atoms with E-state index in [2.05, 4.69) is 9.97 Å². The van der Waals surface area contributed by atoms with Gasteiger partial charge >= 0.3 is 0 Å². The van der Waals surface area contributed by atoms with Crippen molar-refractivity contribution in [2.24, 2.45) is 0 Å². The molecule has 0 amide bonds. The molecule has 4 heteroatoms. The molecule has 0 unspecified atom stereocenters. The van der Waals surface area contributed by atoms with Gasteiger partial charge < -0.3 is 5.73 Å². The van der Waals surface area contributed by atoms with E-state index in [4.69, 9.17) is 5.73 Å². The van der Waals surface area contributed by atoms with Crippen LogP contribution in [0.15, 0.2) is 12.4 Å². The molecule has 0 aliphatic heterocycles. The molecule has 0 aromatic carbocycles. The highest BCUT2D eigenvalue weighted by Gasteiger charge is 1.96. The highest BCUT2D eigenvalue weighted by atomic mass is 16.1. The molecule has 0 aliphatic rings. The molecule has 1 rings (SSSR count). The van der Waals surface area contributed by atoms with E-state index in [0.29, 0.717) is 0 Å². The standard InChI is InChI=1S/C5H4N3O/c6-5-4(3-9)7-1-2-8-5/h1-2H,(H2,6,8). The number of carbonyl (C=O) groups excluding carboxylic acids is 1. The van der Waals surface area contributed by atoms with E-state index < -0.39 is 0 Å². The van der Waals surface area contributed by atoms with Crippen molar-refractivity contribution >= 4 is 12.1 Å². The number of hydrogen-bond donors (Lipinski definition) is 1. The number of nitrogens with zero attached hydrogens (tertiary/aromatic N) is 2. The SMILES string of the molecule is Nc1nccnc1[C]=O. The van der Waals surface area contributed by atoms with E-state index >= 15 is 0 Å². The van der Waals surface area contributed by atoms with Crippen LogP contribution in [0.2, 0.25) is 0 Å². The maximum Gasteiger partial charge on any atom is 0.257 e. The van der Waals surface area contributed by atoms with Crippen molar-refractivity contribution in [2.45, 2.75) is 0 Å². The lowest BCUT2D eigenvalue weighted by atomic mass is 10.4. The summed E-state index contributed by atoms with van der Waals surface area (Å²) >= 11 is 0. The molecular formula is C5H4N3O. The van der Waals surface area contributed by atoms with Crippen LogP contribution in [0.25, 0.3) is 0 Å². The largest absolute Gasteiger partial charge is 0.382 e. The summed E-state index contributed by atoms with van der Waals surface area (Å²) in [6.45, 7) is 0. The zero-order chi connectivity index (χ0) is 6.69. The molecule has 0 atom stereocenters. The number of aromatic nitrogens is 2. The Morgan fingerprint density at radius 3 is 2.56 bits per heavy atom. The van der Waals surface area contributed by atoms with Gasteiger partial charge in [-0.2, -0.15) is 0 Å². The van der Waals surface area contributed by atoms with Crippen LogP contribution in [0.3, 0.4) is 0 Å². The maximum atomic E-state index is 9.92. The average Bonchev–Trinajstić information content (AvgIpc) is 1.89. The van der Waals surface area contributed by atoms with Gasteiger partial charge in [0.25, 0.3) is 6.29 Å². The van der Waals surface area contributed by atoms with Crippen molar-refractivity contribution in [1.29, 1.82) is 0 Å². The topological polar surface area (TPSA) is 68.9 Å². The van der Waals surface area contributed by atoms with Crippen molar-refractivity contribution in [3.63, 3.8) is 0 Å². The van der Waals surface area contributed by atoms with Crippen LogP contribution in [0.1, 0.15) is 5.69 Å². The highest BCUT2D eigenvalue weighted by Crippen LogP contribution is 1.96. The monoisotopic (exact) mass is 122 g/mol. The Labute approximate surface area is 51.7 Å². The summed E-state index contributed by atoms with van der Waals surface area (Å²) in [5, 5.41) is 0. The molecular weight excluding hydrogens is 118 g/mol. The van der Waals surface area contributed by atoms with Gasteiger partial charge in [0.2, 0.25) is 0 Å². The van der Waals surface area contributed by atoms with E-state index in [9.17, 15) is 4.79 Å². The minimum atomic E-state index is 0.0671. The third kappa shape index (κ3) is 1.02. The molecule has 1 radical (unpaired) electrons. The lowest BCUT2D eigenvalue weighted by molar-refractivity contribution is 0.561. The first kappa shape index (κ1) is 5.68. The molecule has 2 N–H and O–H groups in total. The molecule has 1 aromatic heterocycles. The van der Waals surface area contributed by atoms with Gasteiger partial charge in [0.05, 0.1) is 0 Å². The fraction of sp³-hybridized carbons (Fsp3) is 0. The Morgan fingerprint density at radius 1 is 1.44 bits per heavy atom. The van der Waals surface area contributed by atoms with Crippen LogP contribution in [0, 0.1) is 0 Å². The Hall–Kier alpha value is -1.45. The van der Waals surface area contributed by atoms with E-state index in [0.717, 1.165) is 0 Å². The second-order valence-corrected chi connectivity index (χ2v) is 1.39. The van der Waals surface area contributed by atoms with Crippen molar-refractivity contribution in [3.8, 4) is 0 Å². The molecule has 0 aliphatic carbocycles. The number of rotatable bonds is 1. The van der Waals surface area contributed by atoms with Crippen LogP contribution in [0.5, 0.6) is 0 Å². The lowest BCUT2D eigenvalue weighted by Crippen LogP contribution is -1.97. The number of anilines is 1. The Kier molecular flexibility index (Phi) is 1.40. The first-order valence-electron chi connectivity index (χ1n) is 2.29. The van der Waals surface area contributed by atoms with Crippen molar-refractivity contribution < 1.29 is 4.79 Å². The Morgan fingerprint density at radius 2 is 2.11 bits per heavy atom. The molecule has 0 fully saturated rings. The van der Waals surface area contributed by atoms with Crippen LogP contribution in [-0.4, -0.2) is 16.3 Å². The fourth-order valence-electron chi connectivity index (χ4n) is 0.427. The summed E-state index contributed by atoms with van der Waals surface area (Å²) < 4.78 is 0. The van der Waals surface area contributed by atoms with Crippen molar-refractivity contribution in [3.05, 3.63) is 18.1 Å². The molecule has 0 saturated carbocycles. The first-order chi connectivity index (χ1) is 4.34. The molecule has 0 bridgehead atoms. The average molecular weight is 122 g/mol. The molecule has 1 heterocycles. The number of nitrogens with two attached hydrogens (primary N) is 1. The third-order valence-corrected chi connectivity index (χ3v) is 0.823. The molecule has 9 heavy (non-hydrogen) atoms. The van der Waals surface area contributed by atoms with Crippen molar-refractivity contribution in [1.82, 2.24) is 9.97 Å². The number of hydrogen-bond acceptors (Lipinski definition) is 4. The molecule has 4 nitrogen and oxygen atoms in total. The molecule has 0 spiro atoms. The molecule has 1 aromatic rings. The lowest BCUT2D eigenvalue weighted by Gasteiger charge is -1.89. The predicted molar refractivity (Wildman–Crippen MR) is 31.2 cm³/mol. The van der Waals surface area contributed by atoms with Gasteiger partial charge in [-0.3, -0.25) is 4.79 Å². The van der Waals surface area contributed by atoms with E-state index in [1.807, 2.05) is 0 Å². The molecule has 45 valence electrons. The zero-order valence-corrected chi connectivity index (χ0v) is 4.53. The molecule has 0 saturated heterocycles. The van der Waals surface area contributed by atoms with Gasteiger partial charge in [-0.15, -0.1) is 0 Å². The van der Waals surface area contributed by atoms with E-state index in [-0.39, 0.29) is 11.5 Å². The van der Waals surface area contributed by atoms with Gasteiger partial charge in [-0.05, 0) is 0 Å². The normalized spacial score (nSPS) is 8.89. The van der Waals surface area contributed by atoms with Gasteiger partial charge in [-0.1, -0.05) is 0 Å². The van der Waals surface area contributed by atoms with Crippen LogP contribution in [0.4, 0.5) is 5.82 Å².